The summed E-state index contributed by atoms with van der Waals surface area (Å²) in [4.78, 5) is 6.50. The molecular formula is C12H20ClN3. The van der Waals surface area contributed by atoms with Gasteiger partial charge in [-0.05, 0) is 31.9 Å². The van der Waals surface area contributed by atoms with Gasteiger partial charge in [0.15, 0.2) is 5.82 Å². The van der Waals surface area contributed by atoms with Crippen LogP contribution in [0.1, 0.15) is 27.7 Å². The minimum absolute atomic E-state index is 0.357. The van der Waals surface area contributed by atoms with E-state index in [-0.39, 0.29) is 0 Å². The van der Waals surface area contributed by atoms with Crippen LogP contribution in [0.4, 0.5) is 11.5 Å². The first kappa shape index (κ1) is 13.1. The molecule has 0 aliphatic heterocycles. The topological polar surface area (TPSA) is 42.2 Å². The van der Waals surface area contributed by atoms with Crippen LogP contribution in [0.5, 0.6) is 0 Å². The molecular weight excluding hydrogens is 222 g/mol. The number of nitrogen functional groups attached to an aromatic ring is 1. The Hall–Kier alpha value is -0.960. The highest BCUT2D eigenvalue weighted by molar-refractivity contribution is 6.29. The van der Waals surface area contributed by atoms with Gasteiger partial charge in [0.1, 0.15) is 5.15 Å². The summed E-state index contributed by atoms with van der Waals surface area (Å²) in [5.41, 5.74) is 6.62. The maximum atomic E-state index is 5.94. The van der Waals surface area contributed by atoms with Crippen molar-refractivity contribution >= 4 is 23.1 Å². The molecule has 0 radical (unpaired) electrons. The van der Waals surface area contributed by atoms with E-state index in [4.69, 9.17) is 17.3 Å². The second-order valence-electron chi connectivity index (χ2n) is 4.69. The number of hydrogen-bond donors (Lipinski definition) is 1. The van der Waals surface area contributed by atoms with Gasteiger partial charge in [-0.2, -0.15) is 0 Å². The van der Waals surface area contributed by atoms with Crippen molar-refractivity contribution in [1.29, 1.82) is 0 Å². The van der Waals surface area contributed by atoms with E-state index in [9.17, 15) is 0 Å². The summed E-state index contributed by atoms with van der Waals surface area (Å²) in [5.74, 6) is 1.35. The normalized spacial score (nSPS) is 11.2. The van der Waals surface area contributed by atoms with E-state index in [2.05, 4.69) is 37.6 Å². The van der Waals surface area contributed by atoms with E-state index < -0.39 is 0 Å². The van der Waals surface area contributed by atoms with Crippen LogP contribution in [0, 0.1) is 5.92 Å². The molecule has 0 aliphatic rings. The quantitative estimate of drug-likeness (QED) is 0.824. The predicted molar refractivity (Wildman–Crippen MR) is 71.0 cm³/mol. The van der Waals surface area contributed by atoms with Gasteiger partial charge in [-0.25, -0.2) is 4.98 Å². The number of pyridine rings is 1. The zero-order chi connectivity index (χ0) is 12.3. The van der Waals surface area contributed by atoms with Gasteiger partial charge in [0.25, 0.3) is 0 Å². The Morgan fingerprint density at radius 2 is 1.94 bits per heavy atom. The van der Waals surface area contributed by atoms with E-state index in [0.29, 0.717) is 22.8 Å². The molecule has 1 rings (SSSR count). The lowest BCUT2D eigenvalue weighted by molar-refractivity contribution is 0.567. The number of aromatic nitrogens is 1. The summed E-state index contributed by atoms with van der Waals surface area (Å²) in [6, 6.07) is 3.88. The second kappa shape index (κ2) is 5.39. The lowest BCUT2D eigenvalue weighted by atomic mass is 10.1. The molecule has 0 bridgehead atoms. The van der Waals surface area contributed by atoms with Gasteiger partial charge in [0.2, 0.25) is 0 Å². The van der Waals surface area contributed by atoms with Crippen molar-refractivity contribution < 1.29 is 0 Å². The Morgan fingerprint density at radius 1 is 1.31 bits per heavy atom. The van der Waals surface area contributed by atoms with E-state index in [1.807, 2.05) is 0 Å². The van der Waals surface area contributed by atoms with Crippen LogP contribution in [-0.2, 0) is 0 Å². The number of halogens is 1. The molecule has 0 spiro atoms. The van der Waals surface area contributed by atoms with Crippen molar-refractivity contribution in [3.05, 3.63) is 17.3 Å². The first-order valence-corrected chi connectivity index (χ1v) is 5.98. The number of anilines is 2. The van der Waals surface area contributed by atoms with Crippen molar-refractivity contribution in [3.8, 4) is 0 Å². The van der Waals surface area contributed by atoms with Crippen molar-refractivity contribution in [2.45, 2.75) is 33.7 Å². The molecule has 3 nitrogen and oxygen atoms in total. The lowest BCUT2D eigenvalue weighted by Crippen LogP contribution is -2.35. The number of hydrogen-bond acceptors (Lipinski definition) is 3. The van der Waals surface area contributed by atoms with Gasteiger partial charge in [-0.1, -0.05) is 25.4 Å². The molecule has 16 heavy (non-hydrogen) atoms. The second-order valence-corrected chi connectivity index (χ2v) is 5.07. The molecule has 0 unspecified atom stereocenters. The fourth-order valence-electron chi connectivity index (χ4n) is 1.60. The van der Waals surface area contributed by atoms with Gasteiger partial charge in [-0.3, -0.25) is 0 Å². The van der Waals surface area contributed by atoms with Crippen molar-refractivity contribution in [2.24, 2.45) is 5.92 Å². The maximum Gasteiger partial charge on any atom is 0.153 e. The fraction of sp³-hybridized carbons (Fsp3) is 0.583. The van der Waals surface area contributed by atoms with Gasteiger partial charge < -0.3 is 10.6 Å². The highest BCUT2D eigenvalue weighted by atomic mass is 35.5. The molecule has 0 saturated heterocycles. The summed E-state index contributed by atoms with van der Waals surface area (Å²) in [7, 11) is 0. The molecule has 2 N–H and O–H groups in total. The summed E-state index contributed by atoms with van der Waals surface area (Å²) in [5, 5.41) is 0.485. The van der Waals surface area contributed by atoms with Gasteiger partial charge in [-0.15, -0.1) is 0 Å². The van der Waals surface area contributed by atoms with Crippen LogP contribution >= 0.6 is 11.6 Å². The standard InChI is InChI=1S/C12H20ClN3/c1-8(2)7-16(9(3)4)12-10(14)5-6-11(13)15-12/h5-6,8-9H,7,14H2,1-4H3. The molecule has 1 aromatic heterocycles. The summed E-state index contributed by atoms with van der Waals surface area (Å²) in [6.45, 7) is 9.54. The fourth-order valence-corrected chi connectivity index (χ4v) is 1.74. The summed E-state index contributed by atoms with van der Waals surface area (Å²) < 4.78 is 0. The Balaban J connectivity index is 3.05. The third kappa shape index (κ3) is 3.27. The first-order chi connectivity index (χ1) is 7.41. The average molecular weight is 242 g/mol. The molecule has 90 valence electrons. The summed E-state index contributed by atoms with van der Waals surface area (Å²) in [6.07, 6.45) is 0. The highest BCUT2D eigenvalue weighted by Gasteiger charge is 2.16. The average Bonchev–Trinajstić information content (AvgIpc) is 2.18. The Labute approximate surface area is 103 Å². The zero-order valence-electron chi connectivity index (χ0n) is 10.4. The van der Waals surface area contributed by atoms with Crippen LogP contribution in [0.15, 0.2) is 12.1 Å². The largest absolute Gasteiger partial charge is 0.396 e. The van der Waals surface area contributed by atoms with Gasteiger partial charge in [0.05, 0.1) is 5.69 Å². The maximum absolute atomic E-state index is 5.94. The molecule has 1 aromatic rings. The Kier molecular flexibility index (Phi) is 4.42. The Bertz CT molecular complexity index is 350. The third-order valence-electron chi connectivity index (χ3n) is 2.33. The molecule has 0 amide bonds. The molecule has 0 fully saturated rings. The third-order valence-corrected chi connectivity index (χ3v) is 2.54. The van der Waals surface area contributed by atoms with Crippen LogP contribution < -0.4 is 10.6 Å². The minimum atomic E-state index is 0.357. The number of nitrogens with two attached hydrogens (primary N) is 1. The minimum Gasteiger partial charge on any atom is -0.396 e. The molecule has 0 saturated carbocycles. The predicted octanol–water partition coefficient (Wildman–Crippen LogP) is 3.19. The van der Waals surface area contributed by atoms with Crippen molar-refractivity contribution in [3.63, 3.8) is 0 Å². The van der Waals surface area contributed by atoms with Crippen LogP contribution in [0.2, 0.25) is 5.15 Å². The van der Waals surface area contributed by atoms with Crippen molar-refractivity contribution in [1.82, 2.24) is 4.98 Å². The molecule has 4 heteroatoms. The van der Waals surface area contributed by atoms with Gasteiger partial charge >= 0.3 is 0 Å². The summed E-state index contributed by atoms with van der Waals surface area (Å²) >= 11 is 5.91. The van der Waals surface area contributed by atoms with Crippen LogP contribution in [0.3, 0.4) is 0 Å². The molecule has 0 aliphatic carbocycles. The number of nitrogens with zero attached hydrogens (tertiary/aromatic N) is 2. The lowest BCUT2D eigenvalue weighted by Gasteiger charge is -2.30. The van der Waals surface area contributed by atoms with Crippen molar-refractivity contribution in [2.75, 3.05) is 17.2 Å². The smallest absolute Gasteiger partial charge is 0.153 e. The number of rotatable bonds is 4. The molecule has 1 heterocycles. The van der Waals surface area contributed by atoms with Crippen LogP contribution in [-0.4, -0.2) is 17.6 Å². The first-order valence-electron chi connectivity index (χ1n) is 5.60. The van der Waals surface area contributed by atoms with E-state index in [1.165, 1.54) is 0 Å². The zero-order valence-corrected chi connectivity index (χ0v) is 11.1. The monoisotopic (exact) mass is 241 g/mol. The van der Waals surface area contributed by atoms with E-state index in [1.54, 1.807) is 12.1 Å². The van der Waals surface area contributed by atoms with E-state index >= 15 is 0 Å². The highest BCUT2D eigenvalue weighted by Crippen LogP contribution is 2.25. The Morgan fingerprint density at radius 3 is 2.44 bits per heavy atom. The van der Waals surface area contributed by atoms with Crippen LogP contribution in [0.25, 0.3) is 0 Å². The molecule has 0 atom stereocenters. The SMILES string of the molecule is CC(C)CN(c1nc(Cl)ccc1N)C(C)C. The van der Waals surface area contributed by atoms with E-state index in [0.717, 1.165) is 12.4 Å². The van der Waals surface area contributed by atoms with Gasteiger partial charge in [0, 0.05) is 12.6 Å². The molecule has 0 aromatic carbocycles.